The summed E-state index contributed by atoms with van der Waals surface area (Å²) in [6.07, 6.45) is 3.92. The van der Waals surface area contributed by atoms with Crippen LogP contribution in [0.25, 0.3) is 5.65 Å². The Morgan fingerprint density at radius 1 is 1.10 bits per heavy atom. The van der Waals surface area contributed by atoms with Gasteiger partial charge in [0, 0.05) is 18.7 Å². The molecule has 0 fully saturated rings. The lowest BCUT2D eigenvalue weighted by Gasteiger charge is -2.09. The molecule has 3 nitrogen and oxygen atoms in total. The highest BCUT2D eigenvalue weighted by atomic mass is 15.0. The highest BCUT2D eigenvalue weighted by Crippen LogP contribution is 2.21. The van der Waals surface area contributed by atoms with E-state index in [1.165, 1.54) is 11.1 Å². The van der Waals surface area contributed by atoms with Crippen molar-refractivity contribution < 1.29 is 0 Å². The van der Waals surface area contributed by atoms with Gasteiger partial charge in [0.25, 0.3) is 0 Å². The molecule has 2 N–H and O–H groups in total. The second-order valence-corrected chi connectivity index (χ2v) is 5.51. The van der Waals surface area contributed by atoms with E-state index in [4.69, 9.17) is 10.7 Å². The molecule has 3 rings (SSSR count). The highest BCUT2D eigenvalue weighted by molar-refractivity contribution is 5.45. The van der Waals surface area contributed by atoms with Gasteiger partial charge in [-0.05, 0) is 36.6 Å². The number of nitrogens with two attached hydrogens (primary N) is 1. The van der Waals surface area contributed by atoms with Crippen molar-refractivity contribution in [2.45, 2.75) is 32.7 Å². The first-order valence-electron chi connectivity index (χ1n) is 7.48. The number of hydrogen-bond acceptors (Lipinski definition) is 2. The van der Waals surface area contributed by atoms with Crippen molar-refractivity contribution in [1.82, 2.24) is 9.38 Å². The van der Waals surface area contributed by atoms with Gasteiger partial charge in [0.1, 0.15) is 5.65 Å². The van der Waals surface area contributed by atoms with Crippen molar-refractivity contribution in [2.24, 2.45) is 5.73 Å². The van der Waals surface area contributed by atoms with Crippen molar-refractivity contribution in [3.63, 3.8) is 0 Å². The highest BCUT2D eigenvalue weighted by Gasteiger charge is 2.15. The monoisotopic (exact) mass is 279 g/mol. The van der Waals surface area contributed by atoms with E-state index in [0.29, 0.717) is 0 Å². The van der Waals surface area contributed by atoms with Crippen LogP contribution >= 0.6 is 0 Å². The van der Waals surface area contributed by atoms with Gasteiger partial charge in [0.2, 0.25) is 0 Å². The molecule has 0 spiro atoms. The third-order valence-electron chi connectivity index (χ3n) is 3.88. The van der Waals surface area contributed by atoms with Crippen LogP contribution in [0.1, 0.15) is 42.4 Å². The van der Waals surface area contributed by atoms with Crippen LogP contribution in [-0.4, -0.2) is 9.38 Å². The zero-order valence-corrected chi connectivity index (χ0v) is 12.6. The normalized spacial score (nSPS) is 12.7. The molecule has 1 unspecified atom stereocenters. The Balaban J connectivity index is 2.00. The molecule has 0 amide bonds. The van der Waals surface area contributed by atoms with E-state index in [1.807, 2.05) is 31.3 Å². The molecule has 2 heterocycles. The van der Waals surface area contributed by atoms with Gasteiger partial charge in [-0.2, -0.15) is 0 Å². The molecule has 0 saturated heterocycles. The fraction of sp³-hybridized carbons (Fsp3) is 0.278. The smallest absolute Gasteiger partial charge is 0.137 e. The number of nitrogens with zero attached hydrogens (tertiary/aromatic N) is 2. The summed E-state index contributed by atoms with van der Waals surface area (Å²) in [7, 11) is 0. The van der Waals surface area contributed by atoms with Crippen molar-refractivity contribution in [3.8, 4) is 0 Å². The minimum atomic E-state index is -0.0349. The fourth-order valence-corrected chi connectivity index (χ4v) is 2.76. The number of hydrogen-bond donors (Lipinski definition) is 1. The van der Waals surface area contributed by atoms with Crippen LogP contribution < -0.4 is 5.73 Å². The minimum absolute atomic E-state index is 0.0349. The summed E-state index contributed by atoms with van der Waals surface area (Å²) in [6.45, 7) is 4.19. The second-order valence-electron chi connectivity index (χ2n) is 5.51. The largest absolute Gasteiger partial charge is 0.323 e. The molecule has 0 radical (unpaired) electrons. The summed E-state index contributed by atoms with van der Waals surface area (Å²) >= 11 is 0. The van der Waals surface area contributed by atoms with Crippen molar-refractivity contribution in [3.05, 3.63) is 71.2 Å². The number of fused-ring (bicyclic) bond motifs is 1. The van der Waals surface area contributed by atoms with Gasteiger partial charge in [0.05, 0.1) is 11.4 Å². The predicted octanol–water partition coefficient (Wildman–Crippen LogP) is 3.51. The third kappa shape index (κ3) is 2.69. The van der Waals surface area contributed by atoms with E-state index < -0.39 is 0 Å². The molecule has 2 aromatic heterocycles. The van der Waals surface area contributed by atoms with Gasteiger partial charge in [-0.1, -0.05) is 37.3 Å². The second kappa shape index (κ2) is 5.70. The van der Waals surface area contributed by atoms with Gasteiger partial charge in [-0.15, -0.1) is 0 Å². The standard InChI is InChI=1S/C18H21N3/c1-3-14-7-9-15(10-8-14)12-16-18(13(2)19)21-11-5-4-6-17(21)20-16/h4-11,13H,3,12,19H2,1-2H3. The van der Waals surface area contributed by atoms with Crippen LogP contribution in [0.3, 0.4) is 0 Å². The molecule has 0 aliphatic rings. The number of imidazole rings is 1. The van der Waals surface area contributed by atoms with Crippen molar-refractivity contribution in [2.75, 3.05) is 0 Å². The van der Waals surface area contributed by atoms with Gasteiger partial charge >= 0.3 is 0 Å². The topological polar surface area (TPSA) is 43.3 Å². The third-order valence-corrected chi connectivity index (χ3v) is 3.88. The van der Waals surface area contributed by atoms with Gasteiger partial charge < -0.3 is 10.1 Å². The lowest BCUT2D eigenvalue weighted by atomic mass is 10.0. The summed E-state index contributed by atoms with van der Waals surface area (Å²) in [6, 6.07) is 14.8. The number of aryl methyl sites for hydroxylation is 1. The molecule has 0 aliphatic heterocycles. The van der Waals surface area contributed by atoms with Crippen LogP contribution in [0, 0.1) is 0 Å². The predicted molar refractivity (Wildman–Crippen MR) is 86.4 cm³/mol. The Morgan fingerprint density at radius 2 is 1.81 bits per heavy atom. The summed E-state index contributed by atoms with van der Waals surface area (Å²) in [5, 5.41) is 0. The average Bonchev–Trinajstić information content (AvgIpc) is 2.86. The molecule has 1 aromatic carbocycles. The number of benzene rings is 1. The quantitative estimate of drug-likeness (QED) is 0.794. The Bertz CT molecular complexity index is 739. The summed E-state index contributed by atoms with van der Waals surface area (Å²) in [5.74, 6) is 0. The van der Waals surface area contributed by atoms with E-state index in [9.17, 15) is 0 Å². The Labute approximate surface area is 125 Å². The number of aromatic nitrogens is 2. The molecule has 3 heteroatoms. The maximum Gasteiger partial charge on any atom is 0.137 e. The van der Waals surface area contributed by atoms with Crippen LogP contribution in [0.2, 0.25) is 0 Å². The molecule has 1 atom stereocenters. The molecular formula is C18H21N3. The zero-order valence-electron chi connectivity index (χ0n) is 12.6. The van der Waals surface area contributed by atoms with Crippen LogP contribution in [0.4, 0.5) is 0 Å². The first-order valence-corrected chi connectivity index (χ1v) is 7.48. The van der Waals surface area contributed by atoms with Crippen LogP contribution in [-0.2, 0) is 12.8 Å². The Kier molecular flexibility index (Phi) is 3.76. The lowest BCUT2D eigenvalue weighted by molar-refractivity contribution is 0.755. The molecule has 0 aliphatic carbocycles. The maximum absolute atomic E-state index is 6.16. The van der Waals surface area contributed by atoms with Crippen molar-refractivity contribution in [1.29, 1.82) is 0 Å². The first-order chi connectivity index (χ1) is 10.2. The molecule has 0 saturated carbocycles. The average molecular weight is 279 g/mol. The van der Waals surface area contributed by atoms with Crippen LogP contribution in [0.15, 0.2) is 48.7 Å². The van der Waals surface area contributed by atoms with Gasteiger partial charge in [-0.3, -0.25) is 0 Å². The first kappa shape index (κ1) is 13.8. The molecule has 3 aromatic rings. The minimum Gasteiger partial charge on any atom is -0.323 e. The SMILES string of the molecule is CCc1ccc(Cc2nc3ccccn3c2C(C)N)cc1. The van der Waals surface area contributed by atoms with Crippen molar-refractivity contribution >= 4 is 5.65 Å². The number of rotatable bonds is 4. The van der Waals surface area contributed by atoms with Gasteiger partial charge in [0.15, 0.2) is 0 Å². The van der Waals surface area contributed by atoms with E-state index in [-0.39, 0.29) is 6.04 Å². The summed E-state index contributed by atoms with van der Waals surface area (Å²) in [4.78, 5) is 4.75. The van der Waals surface area contributed by atoms with E-state index >= 15 is 0 Å². The van der Waals surface area contributed by atoms with Crippen LogP contribution in [0.5, 0.6) is 0 Å². The molecule has 21 heavy (non-hydrogen) atoms. The number of pyridine rings is 1. The molecule has 108 valence electrons. The Morgan fingerprint density at radius 3 is 2.48 bits per heavy atom. The molecular weight excluding hydrogens is 258 g/mol. The summed E-state index contributed by atoms with van der Waals surface area (Å²) < 4.78 is 2.10. The van der Waals surface area contributed by atoms with E-state index in [0.717, 1.165) is 29.9 Å². The Hall–Kier alpha value is -2.13. The lowest BCUT2D eigenvalue weighted by Crippen LogP contribution is -2.11. The van der Waals surface area contributed by atoms with E-state index in [1.54, 1.807) is 0 Å². The van der Waals surface area contributed by atoms with Gasteiger partial charge in [-0.25, -0.2) is 4.98 Å². The fourth-order valence-electron chi connectivity index (χ4n) is 2.76. The maximum atomic E-state index is 6.16. The van der Waals surface area contributed by atoms with E-state index in [2.05, 4.69) is 35.6 Å². The summed E-state index contributed by atoms with van der Waals surface area (Å²) in [5.41, 5.74) is 11.9. The zero-order chi connectivity index (χ0) is 14.8. The molecule has 0 bridgehead atoms.